The van der Waals surface area contributed by atoms with E-state index in [4.69, 9.17) is 14.9 Å². The predicted octanol–water partition coefficient (Wildman–Crippen LogP) is 3.67. The zero-order valence-electron chi connectivity index (χ0n) is 12.8. The van der Waals surface area contributed by atoms with Gasteiger partial charge in [-0.15, -0.1) is 0 Å². The Morgan fingerprint density at radius 3 is 2.91 bits per heavy atom. The molecule has 2 heterocycles. The van der Waals surface area contributed by atoms with Gasteiger partial charge in [0.05, 0.1) is 17.5 Å². The Morgan fingerprint density at radius 2 is 2.13 bits per heavy atom. The SMILES string of the molecule is Nc1cc(-c2nc3ccccc3o2)ccc1NCC1CCCO1. The molecule has 1 unspecified atom stereocenters. The van der Waals surface area contributed by atoms with Crippen molar-refractivity contribution < 1.29 is 9.15 Å². The van der Waals surface area contributed by atoms with E-state index in [9.17, 15) is 0 Å². The molecule has 0 saturated carbocycles. The molecule has 1 aromatic heterocycles. The molecule has 2 aromatic carbocycles. The molecule has 1 aliphatic heterocycles. The summed E-state index contributed by atoms with van der Waals surface area (Å²) in [5, 5.41) is 3.36. The molecule has 1 atom stereocenters. The van der Waals surface area contributed by atoms with Crippen LogP contribution < -0.4 is 11.1 Å². The van der Waals surface area contributed by atoms with E-state index in [2.05, 4.69) is 10.3 Å². The highest BCUT2D eigenvalue weighted by atomic mass is 16.5. The number of nitrogens with one attached hydrogen (secondary N) is 1. The van der Waals surface area contributed by atoms with Gasteiger partial charge in [0.2, 0.25) is 5.89 Å². The topological polar surface area (TPSA) is 73.3 Å². The van der Waals surface area contributed by atoms with Crippen LogP contribution in [0.1, 0.15) is 12.8 Å². The number of hydrogen-bond acceptors (Lipinski definition) is 5. The van der Waals surface area contributed by atoms with Crippen LogP contribution in [0.15, 0.2) is 46.9 Å². The normalized spacial score (nSPS) is 17.7. The summed E-state index contributed by atoms with van der Waals surface area (Å²) in [4.78, 5) is 4.50. The molecule has 0 aliphatic carbocycles. The zero-order chi connectivity index (χ0) is 15.6. The van der Waals surface area contributed by atoms with Crippen molar-refractivity contribution in [2.45, 2.75) is 18.9 Å². The number of ether oxygens (including phenoxy) is 1. The van der Waals surface area contributed by atoms with Crippen molar-refractivity contribution in [1.29, 1.82) is 0 Å². The number of nitrogen functional groups attached to an aromatic ring is 1. The molecule has 5 nitrogen and oxygen atoms in total. The first-order chi connectivity index (χ1) is 11.3. The third-order valence-electron chi connectivity index (χ3n) is 4.14. The first-order valence-electron chi connectivity index (χ1n) is 7.90. The van der Waals surface area contributed by atoms with Gasteiger partial charge in [0, 0.05) is 18.7 Å². The molecule has 0 spiro atoms. The maximum absolute atomic E-state index is 6.16. The number of aromatic nitrogens is 1. The average Bonchev–Trinajstić information content (AvgIpc) is 3.23. The minimum absolute atomic E-state index is 0.283. The molecule has 1 aliphatic rings. The van der Waals surface area contributed by atoms with Crippen LogP contribution in [0.3, 0.4) is 0 Å². The van der Waals surface area contributed by atoms with Crippen molar-refractivity contribution in [1.82, 2.24) is 4.98 Å². The lowest BCUT2D eigenvalue weighted by molar-refractivity contribution is 0.120. The lowest BCUT2D eigenvalue weighted by atomic mass is 10.1. The Labute approximate surface area is 134 Å². The highest BCUT2D eigenvalue weighted by Gasteiger charge is 2.15. The Morgan fingerprint density at radius 1 is 1.22 bits per heavy atom. The second kappa shape index (κ2) is 5.93. The van der Waals surface area contributed by atoms with Crippen molar-refractivity contribution in [2.75, 3.05) is 24.2 Å². The van der Waals surface area contributed by atoms with Crippen molar-refractivity contribution >= 4 is 22.5 Å². The number of nitrogens with zero attached hydrogens (tertiary/aromatic N) is 1. The lowest BCUT2D eigenvalue weighted by Crippen LogP contribution is -2.18. The fourth-order valence-electron chi connectivity index (χ4n) is 2.88. The number of fused-ring (bicyclic) bond motifs is 1. The Hall–Kier alpha value is -2.53. The highest BCUT2D eigenvalue weighted by Crippen LogP contribution is 2.29. The smallest absolute Gasteiger partial charge is 0.227 e. The molecule has 1 saturated heterocycles. The first-order valence-corrected chi connectivity index (χ1v) is 7.90. The maximum atomic E-state index is 6.16. The Balaban J connectivity index is 1.54. The summed E-state index contributed by atoms with van der Waals surface area (Å²) >= 11 is 0. The Bertz CT molecular complexity index is 789. The standard InChI is InChI=1S/C18H19N3O2/c19-14-10-12(18-21-16-5-1-2-6-17(16)23-18)7-8-15(14)20-11-13-4-3-9-22-13/h1-2,5-8,10,13,20H,3-4,9,11,19H2. The summed E-state index contributed by atoms with van der Waals surface area (Å²) in [5.41, 5.74) is 10.3. The van der Waals surface area contributed by atoms with Gasteiger partial charge in [-0.2, -0.15) is 0 Å². The van der Waals surface area contributed by atoms with E-state index in [1.807, 2.05) is 42.5 Å². The second-order valence-electron chi connectivity index (χ2n) is 5.80. The van der Waals surface area contributed by atoms with Crippen molar-refractivity contribution in [3.63, 3.8) is 0 Å². The van der Waals surface area contributed by atoms with Crippen LogP contribution in [0.25, 0.3) is 22.6 Å². The fraction of sp³-hybridized carbons (Fsp3) is 0.278. The number of nitrogens with two attached hydrogens (primary N) is 1. The van der Waals surface area contributed by atoms with Gasteiger partial charge >= 0.3 is 0 Å². The molecule has 0 radical (unpaired) electrons. The van der Waals surface area contributed by atoms with Crippen LogP contribution >= 0.6 is 0 Å². The fourth-order valence-corrected chi connectivity index (χ4v) is 2.88. The molecule has 5 heteroatoms. The van der Waals surface area contributed by atoms with Gasteiger partial charge in [0.15, 0.2) is 5.58 Å². The van der Waals surface area contributed by atoms with Crippen LogP contribution in [0.4, 0.5) is 11.4 Å². The number of benzene rings is 2. The number of para-hydroxylation sites is 2. The summed E-state index contributed by atoms with van der Waals surface area (Å²) in [5.74, 6) is 0.587. The van der Waals surface area contributed by atoms with E-state index in [0.717, 1.165) is 48.3 Å². The molecule has 1 fully saturated rings. The van der Waals surface area contributed by atoms with Crippen LogP contribution in [0.2, 0.25) is 0 Å². The van der Waals surface area contributed by atoms with Crippen molar-refractivity contribution in [2.24, 2.45) is 0 Å². The van der Waals surface area contributed by atoms with Crippen LogP contribution in [-0.4, -0.2) is 24.2 Å². The van der Waals surface area contributed by atoms with Gasteiger partial charge in [-0.3, -0.25) is 0 Å². The summed E-state index contributed by atoms with van der Waals surface area (Å²) in [6, 6.07) is 13.6. The van der Waals surface area contributed by atoms with E-state index >= 15 is 0 Å². The van der Waals surface area contributed by atoms with Gasteiger partial charge in [0.25, 0.3) is 0 Å². The van der Waals surface area contributed by atoms with Gasteiger partial charge in [0.1, 0.15) is 5.52 Å². The second-order valence-corrected chi connectivity index (χ2v) is 5.80. The van der Waals surface area contributed by atoms with E-state index in [1.165, 1.54) is 0 Å². The van der Waals surface area contributed by atoms with Crippen LogP contribution in [-0.2, 0) is 4.74 Å². The minimum Gasteiger partial charge on any atom is -0.436 e. The Kier molecular flexibility index (Phi) is 3.63. The summed E-state index contributed by atoms with van der Waals surface area (Å²) in [7, 11) is 0. The van der Waals surface area contributed by atoms with Gasteiger partial charge in [-0.25, -0.2) is 4.98 Å². The molecule has 3 aromatic rings. The summed E-state index contributed by atoms with van der Waals surface area (Å²) in [6.45, 7) is 1.64. The molecular formula is C18H19N3O2. The van der Waals surface area contributed by atoms with Crippen LogP contribution in [0.5, 0.6) is 0 Å². The number of hydrogen-bond donors (Lipinski definition) is 2. The molecule has 3 N–H and O–H groups in total. The summed E-state index contributed by atoms with van der Waals surface area (Å²) in [6.07, 6.45) is 2.53. The van der Waals surface area contributed by atoms with E-state index in [-0.39, 0.29) is 6.10 Å². The third kappa shape index (κ3) is 2.87. The van der Waals surface area contributed by atoms with E-state index in [0.29, 0.717) is 11.6 Å². The number of anilines is 2. The number of rotatable bonds is 4. The van der Waals surface area contributed by atoms with Crippen LogP contribution in [0, 0.1) is 0 Å². The highest BCUT2D eigenvalue weighted by molar-refractivity contribution is 5.78. The monoisotopic (exact) mass is 309 g/mol. The van der Waals surface area contributed by atoms with Gasteiger partial charge in [-0.1, -0.05) is 12.1 Å². The molecule has 0 amide bonds. The molecule has 4 rings (SSSR count). The van der Waals surface area contributed by atoms with Crippen molar-refractivity contribution in [3.05, 3.63) is 42.5 Å². The first kappa shape index (κ1) is 14.1. The molecule has 23 heavy (non-hydrogen) atoms. The van der Waals surface area contributed by atoms with Gasteiger partial charge in [-0.05, 0) is 43.2 Å². The van der Waals surface area contributed by atoms with E-state index in [1.54, 1.807) is 0 Å². The molecular weight excluding hydrogens is 290 g/mol. The molecule has 0 bridgehead atoms. The summed E-state index contributed by atoms with van der Waals surface area (Å²) < 4.78 is 11.4. The minimum atomic E-state index is 0.283. The van der Waals surface area contributed by atoms with Gasteiger partial charge < -0.3 is 20.2 Å². The van der Waals surface area contributed by atoms with E-state index < -0.39 is 0 Å². The van der Waals surface area contributed by atoms with Crippen molar-refractivity contribution in [3.8, 4) is 11.5 Å². The largest absolute Gasteiger partial charge is 0.436 e. The number of oxazole rings is 1. The molecule has 118 valence electrons. The zero-order valence-corrected chi connectivity index (χ0v) is 12.8. The predicted molar refractivity (Wildman–Crippen MR) is 91.3 cm³/mol. The lowest BCUT2D eigenvalue weighted by Gasteiger charge is -2.14. The third-order valence-corrected chi connectivity index (χ3v) is 4.14. The quantitative estimate of drug-likeness (QED) is 0.719. The average molecular weight is 309 g/mol. The maximum Gasteiger partial charge on any atom is 0.227 e.